The summed E-state index contributed by atoms with van der Waals surface area (Å²) in [5, 5.41) is 3.55. The Morgan fingerprint density at radius 2 is 1.62 bits per heavy atom. The Bertz CT molecular complexity index is 1280. The summed E-state index contributed by atoms with van der Waals surface area (Å²) in [5.41, 5.74) is 6.39. The Balaban J connectivity index is 1.68. The Kier molecular flexibility index (Phi) is 5.70. The first-order valence-electron chi connectivity index (χ1n) is 11.6. The standard InChI is InChI=1S/C29H28N2O3/c1-18-8-10-20(11-9-18)22-16-25-28(27(33)17-22)29(21-12-14-23(34-3)15-13-21)31(19(2)32)26-7-5-4-6-24(26)30-25/h4-15,22,29-30H,16-17H2,1-3H3. The molecule has 3 aromatic carbocycles. The summed E-state index contributed by atoms with van der Waals surface area (Å²) in [6, 6.07) is 23.3. The maximum atomic E-state index is 13.8. The average Bonchev–Trinajstić information content (AvgIpc) is 2.99. The van der Waals surface area contributed by atoms with Crippen LogP contribution in [0.5, 0.6) is 5.75 Å². The number of rotatable bonds is 3. The second-order valence-corrected chi connectivity index (χ2v) is 9.04. The molecular weight excluding hydrogens is 424 g/mol. The van der Waals surface area contributed by atoms with Crippen molar-refractivity contribution in [2.24, 2.45) is 0 Å². The first-order valence-corrected chi connectivity index (χ1v) is 11.6. The molecule has 2 aliphatic rings. The molecule has 5 heteroatoms. The van der Waals surface area contributed by atoms with Crippen LogP contribution in [-0.2, 0) is 9.59 Å². The van der Waals surface area contributed by atoms with E-state index in [1.807, 2.05) is 48.5 Å². The van der Waals surface area contributed by atoms with Crippen molar-refractivity contribution in [2.75, 3.05) is 17.3 Å². The van der Waals surface area contributed by atoms with Gasteiger partial charge < -0.3 is 10.1 Å². The number of hydrogen-bond donors (Lipinski definition) is 1. The number of hydrogen-bond acceptors (Lipinski definition) is 4. The lowest BCUT2D eigenvalue weighted by atomic mass is 9.78. The minimum absolute atomic E-state index is 0.0687. The van der Waals surface area contributed by atoms with Crippen LogP contribution in [0.4, 0.5) is 11.4 Å². The van der Waals surface area contributed by atoms with Gasteiger partial charge >= 0.3 is 0 Å². The third-order valence-corrected chi connectivity index (χ3v) is 6.81. The van der Waals surface area contributed by atoms with E-state index in [1.54, 1.807) is 18.9 Å². The molecule has 1 aliphatic carbocycles. The second-order valence-electron chi connectivity index (χ2n) is 9.04. The van der Waals surface area contributed by atoms with Crippen molar-refractivity contribution in [3.63, 3.8) is 0 Å². The summed E-state index contributed by atoms with van der Waals surface area (Å²) in [6.45, 7) is 3.62. The number of carbonyl (C=O) groups is 2. The van der Waals surface area contributed by atoms with Gasteiger partial charge in [-0.2, -0.15) is 0 Å². The van der Waals surface area contributed by atoms with E-state index >= 15 is 0 Å². The summed E-state index contributed by atoms with van der Waals surface area (Å²) in [6.07, 6.45) is 1.12. The molecular formula is C29H28N2O3. The maximum Gasteiger partial charge on any atom is 0.224 e. The summed E-state index contributed by atoms with van der Waals surface area (Å²) >= 11 is 0. The van der Waals surface area contributed by atoms with Gasteiger partial charge in [0, 0.05) is 24.6 Å². The number of para-hydroxylation sites is 2. The lowest BCUT2D eigenvalue weighted by Crippen LogP contribution is -2.37. The lowest BCUT2D eigenvalue weighted by Gasteiger charge is -2.34. The minimum atomic E-state index is -0.513. The van der Waals surface area contributed by atoms with Crippen LogP contribution in [0.2, 0.25) is 0 Å². The molecule has 0 aromatic heterocycles. The number of nitrogens with zero attached hydrogens (tertiary/aromatic N) is 1. The fourth-order valence-corrected chi connectivity index (χ4v) is 5.11. The summed E-state index contributed by atoms with van der Waals surface area (Å²) < 4.78 is 5.34. The van der Waals surface area contributed by atoms with Gasteiger partial charge in [0.25, 0.3) is 0 Å². The fraction of sp³-hybridized carbons (Fsp3) is 0.241. The van der Waals surface area contributed by atoms with Gasteiger partial charge in [-0.25, -0.2) is 0 Å². The molecule has 0 bridgehead atoms. The van der Waals surface area contributed by atoms with Crippen molar-refractivity contribution in [3.8, 4) is 5.75 Å². The minimum Gasteiger partial charge on any atom is -0.497 e. The van der Waals surface area contributed by atoms with Gasteiger partial charge in [0.05, 0.1) is 24.5 Å². The van der Waals surface area contributed by atoms with Crippen LogP contribution in [0, 0.1) is 6.92 Å². The van der Waals surface area contributed by atoms with E-state index < -0.39 is 6.04 Å². The number of allylic oxidation sites excluding steroid dienone is 1. The molecule has 0 radical (unpaired) electrons. The fourth-order valence-electron chi connectivity index (χ4n) is 5.11. The van der Waals surface area contributed by atoms with E-state index in [2.05, 4.69) is 36.5 Å². The molecule has 34 heavy (non-hydrogen) atoms. The number of Topliss-reactive ketones (excluding diaryl/α,β-unsaturated/α-hetero) is 1. The number of aryl methyl sites for hydroxylation is 1. The molecule has 3 aromatic rings. The van der Waals surface area contributed by atoms with Gasteiger partial charge in [0.15, 0.2) is 5.78 Å². The third-order valence-electron chi connectivity index (χ3n) is 6.81. The van der Waals surface area contributed by atoms with Gasteiger partial charge in [-0.3, -0.25) is 14.5 Å². The molecule has 0 saturated carbocycles. The number of ketones is 1. The molecule has 5 rings (SSSR count). The highest BCUT2D eigenvalue weighted by atomic mass is 16.5. The highest BCUT2D eigenvalue weighted by Gasteiger charge is 2.40. The van der Waals surface area contributed by atoms with Crippen LogP contribution in [-0.4, -0.2) is 18.8 Å². The van der Waals surface area contributed by atoms with E-state index in [9.17, 15) is 9.59 Å². The quantitative estimate of drug-likeness (QED) is 0.536. The maximum absolute atomic E-state index is 13.8. The highest BCUT2D eigenvalue weighted by molar-refractivity contribution is 6.06. The van der Waals surface area contributed by atoms with E-state index in [-0.39, 0.29) is 17.6 Å². The predicted molar refractivity (Wildman–Crippen MR) is 134 cm³/mol. The number of ether oxygens (including phenoxy) is 1. The molecule has 5 nitrogen and oxygen atoms in total. The lowest BCUT2D eigenvalue weighted by molar-refractivity contribution is -0.117. The van der Waals surface area contributed by atoms with E-state index in [4.69, 9.17) is 4.74 Å². The summed E-state index contributed by atoms with van der Waals surface area (Å²) in [4.78, 5) is 28.6. The van der Waals surface area contributed by atoms with Crippen molar-refractivity contribution >= 4 is 23.1 Å². The molecule has 1 heterocycles. The Morgan fingerprint density at radius 1 is 0.941 bits per heavy atom. The number of carbonyl (C=O) groups excluding carboxylic acids is 2. The molecule has 2 unspecified atom stereocenters. The third kappa shape index (κ3) is 3.87. The van der Waals surface area contributed by atoms with E-state index in [0.29, 0.717) is 18.4 Å². The van der Waals surface area contributed by atoms with Crippen molar-refractivity contribution in [3.05, 3.63) is 101 Å². The molecule has 1 aliphatic heterocycles. The second kappa shape index (κ2) is 8.82. The van der Waals surface area contributed by atoms with E-state index in [1.165, 1.54) is 5.56 Å². The van der Waals surface area contributed by atoms with Crippen LogP contribution < -0.4 is 15.0 Å². The molecule has 172 valence electrons. The Morgan fingerprint density at radius 3 is 2.29 bits per heavy atom. The molecule has 0 spiro atoms. The molecule has 1 N–H and O–H groups in total. The Labute approximate surface area is 200 Å². The van der Waals surface area contributed by atoms with Crippen molar-refractivity contribution in [2.45, 2.75) is 38.6 Å². The monoisotopic (exact) mass is 452 g/mol. The van der Waals surface area contributed by atoms with Crippen molar-refractivity contribution < 1.29 is 14.3 Å². The van der Waals surface area contributed by atoms with Crippen LogP contribution in [0.1, 0.15) is 48.4 Å². The zero-order chi connectivity index (χ0) is 23.8. The average molecular weight is 453 g/mol. The molecule has 0 saturated heterocycles. The number of anilines is 2. The summed E-state index contributed by atoms with van der Waals surface area (Å²) in [5.74, 6) is 0.775. The van der Waals surface area contributed by atoms with Gasteiger partial charge in [-0.15, -0.1) is 0 Å². The number of nitrogens with one attached hydrogen (secondary N) is 1. The van der Waals surface area contributed by atoms with Crippen molar-refractivity contribution in [1.82, 2.24) is 0 Å². The van der Waals surface area contributed by atoms with Gasteiger partial charge in [-0.1, -0.05) is 54.1 Å². The zero-order valence-corrected chi connectivity index (χ0v) is 19.7. The van der Waals surface area contributed by atoms with E-state index in [0.717, 1.165) is 33.9 Å². The zero-order valence-electron chi connectivity index (χ0n) is 19.7. The van der Waals surface area contributed by atoms with Gasteiger partial charge in [0.1, 0.15) is 5.75 Å². The number of fused-ring (bicyclic) bond motifs is 1. The number of amides is 1. The van der Waals surface area contributed by atoms with Crippen LogP contribution in [0.15, 0.2) is 84.1 Å². The largest absolute Gasteiger partial charge is 0.497 e. The Hall–Kier alpha value is -3.86. The molecule has 0 fully saturated rings. The van der Waals surface area contributed by atoms with Crippen LogP contribution >= 0.6 is 0 Å². The topological polar surface area (TPSA) is 58.6 Å². The summed E-state index contributed by atoms with van der Waals surface area (Å²) in [7, 11) is 1.62. The van der Waals surface area contributed by atoms with Crippen LogP contribution in [0.3, 0.4) is 0 Å². The van der Waals surface area contributed by atoms with Gasteiger partial charge in [0.2, 0.25) is 5.91 Å². The predicted octanol–water partition coefficient (Wildman–Crippen LogP) is 5.92. The normalized spacial score (nSPS) is 19.6. The highest BCUT2D eigenvalue weighted by Crippen LogP contribution is 2.47. The van der Waals surface area contributed by atoms with Gasteiger partial charge in [-0.05, 0) is 54.7 Å². The molecule has 1 amide bonds. The smallest absolute Gasteiger partial charge is 0.224 e. The number of methoxy groups -OCH3 is 1. The molecule has 2 atom stereocenters. The van der Waals surface area contributed by atoms with Crippen molar-refractivity contribution in [1.29, 1.82) is 0 Å². The SMILES string of the molecule is COc1ccc(C2C3=C(CC(c4ccc(C)cc4)CC3=O)Nc3ccccc3N2C(C)=O)cc1. The first kappa shape index (κ1) is 22.0. The van der Waals surface area contributed by atoms with Crippen LogP contribution in [0.25, 0.3) is 0 Å². The first-order chi connectivity index (χ1) is 16.5. The number of benzene rings is 3.